The second-order valence-electron chi connectivity index (χ2n) is 4.35. The van der Waals surface area contributed by atoms with Gasteiger partial charge >= 0.3 is 0 Å². The van der Waals surface area contributed by atoms with Crippen LogP contribution in [0.4, 0.5) is 10.1 Å². The van der Waals surface area contributed by atoms with Crippen molar-refractivity contribution in [1.82, 2.24) is 10.1 Å². The number of nitrogen functional groups attached to an aromatic ring is 1. The molecule has 2 aromatic carbocycles. The van der Waals surface area contributed by atoms with Crippen molar-refractivity contribution in [2.45, 2.75) is 6.61 Å². The minimum Gasteiger partial charge on any atom is -0.482 e. The van der Waals surface area contributed by atoms with Crippen LogP contribution in [0.1, 0.15) is 5.89 Å². The number of para-hydroxylation sites is 2. The number of hydrogen-bond acceptors (Lipinski definition) is 5. The number of ether oxygens (including phenoxy) is 1. The maximum Gasteiger partial charge on any atom is 0.264 e. The first kappa shape index (κ1) is 13.1. The van der Waals surface area contributed by atoms with Gasteiger partial charge < -0.3 is 15.0 Å². The molecule has 106 valence electrons. The smallest absolute Gasteiger partial charge is 0.264 e. The molecular weight excluding hydrogens is 273 g/mol. The maximum absolute atomic E-state index is 13.1. The summed E-state index contributed by atoms with van der Waals surface area (Å²) < 4.78 is 23.7. The Morgan fingerprint density at radius 1 is 1.14 bits per heavy atom. The highest BCUT2D eigenvalue weighted by atomic mass is 19.1. The molecular formula is C15H12FN3O2. The molecule has 5 nitrogen and oxygen atoms in total. The monoisotopic (exact) mass is 285 g/mol. The summed E-state index contributed by atoms with van der Waals surface area (Å²) in [5.74, 6) is 0.793. The Kier molecular flexibility index (Phi) is 3.51. The molecule has 1 heterocycles. The van der Waals surface area contributed by atoms with Gasteiger partial charge in [-0.05, 0) is 24.3 Å². The maximum atomic E-state index is 13.1. The molecule has 0 radical (unpaired) electrons. The van der Waals surface area contributed by atoms with Crippen molar-refractivity contribution in [3.63, 3.8) is 0 Å². The fourth-order valence-corrected chi connectivity index (χ4v) is 1.81. The van der Waals surface area contributed by atoms with E-state index in [2.05, 4.69) is 10.1 Å². The van der Waals surface area contributed by atoms with Crippen LogP contribution in [0.25, 0.3) is 11.4 Å². The van der Waals surface area contributed by atoms with Crippen molar-refractivity contribution in [3.8, 4) is 17.1 Å². The van der Waals surface area contributed by atoms with Gasteiger partial charge in [0.2, 0.25) is 5.82 Å². The molecule has 3 aromatic rings. The quantitative estimate of drug-likeness (QED) is 0.746. The third-order valence-electron chi connectivity index (χ3n) is 2.82. The second-order valence-corrected chi connectivity index (χ2v) is 4.35. The SMILES string of the molecule is Nc1ccccc1OCc1nc(-c2cccc(F)c2)no1. The van der Waals surface area contributed by atoms with Crippen LogP contribution < -0.4 is 10.5 Å². The Bertz CT molecular complexity index is 758. The molecule has 0 saturated heterocycles. The highest BCUT2D eigenvalue weighted by Crippen LogP contribution is 2.21. The van der Waals surface area contributed by atoms with Gasteiger partial charge in [0.15, 0.2) is 6.61 Å². The fourth-order valence-electron chi connectivity index (χ4n) is 1.81. The van der Waals surface area contributed by atoms with Crippen molar-refractivity contribution >= 4 is 5.69 Å². The summed E-state index contributed by atoms with van der Waals surface area (Å²) >= 11 is 0. The summed E-state index contributed by atoms with van der Waals surface area (Å²) in [7, 11) is 0. The Hall–Kier alpha value is -2.89. The van der Waals surface area contributed by atoms with E-state index in [0.29, 0.717) is 22.8 Å². The van der Waals surface area contributed by atoms with Gasteiger partial charge in [-0.3, -0.25) is 0 Å². The predicted octanol–water partition coefficient (Wildman–Crippen LogP) is 3.04. The fraction of sp³-hybridized carbons (Fsp3) is 0.0667. The molecule has 0 amide bonds. The van der Waals surface area contributed by atoms with E-state index in [9.17, 15) is 4.39 Å². The van der Waals surface area contributed by atoms with Gasteiger partial charge in [-0.15, -0.1) is 0 Å². The lowest BCUT2D eigenvalue weighted by Crippen LogP contribution is -1.98. The van der Waals surface area contributed by atoms with E-state index < -0.39 is 0 Å². The Morgan fingerprint density at radius 3 is 2.81 bits per heavy atom. The summed E-state index contributed by atoms with van der Waals surface area (Å²) in [6, 6.07) is 13.1. The first-order valence-corrected chi connectivity index (χ1v) is 6.28. The van der Waals surface area contributed by atoms with Crippen molar-refractivity contribution < 1.29 is 13.7 Å². The summed E-state index contributed by atoms with van der Waals surface area (Å²) in [6.45, 7) is 0.0938. The molecule has 0 bridgehead atoms. The van der Waals surface area contributed by atoms with Gasteiger partial charge in [-0.2, -0.15) is 4.98 Å². The highest BCUT2D eigenvalue weighted by molar-refractivity contribution is 5.54. The zero-order valence-electron chi connectivity index (χ0n) is 11.0. The van der Waals surface area contributed by atoms with Crippen LogP contribution in [-0.2, 0) is 6.61 Å². The second kappa shape index (κ2) is 5.62. The number of anilines is 1. The van der Waals surface area contributed by atoms with Crippen LogP contribution in [-0.4, -0.2) is 10.1 Å². The molecule has 0 aliphatic carbocycles. The van der Waals surface area contributed by atoms with E-state index in [4.69, 9.17) is 15.0 Å². The Morgan fingerprint density at radius 2 is 2.00 bits per heavy atom. The van der Waals surface area contributed by atoms with Crippen LogP contribution in [0, 0.1) is 5.82 Å². The molecule has 1 aromatic heterocycles. The molecule has 2 N–H and O–H groups in total. The van der Waals surface area contributed by atoms with Crippen LogP contribution in [0.2, 0.25) is 0 Å². The van der Waals surface area contributed by atoms with Gasteiger partial charge in [-0.25, -0.2) is 4.39 Å². The van der Waals surface area contributed by atoms with E-state index in [-0.39, 0.29) is 18.3 Å². The minimum absolute atomic E-state index is 0.0938. The van der Waals surface area contributed by atoms with Crippen molar-refractivity contribution in [2.75, 3.05) is 5.73 Å². The topological polar surface area (TPSA) is 74.2 Å². The molecule has 21 heavy (non-hydrogen) atoms. The van der Waals surface area contributed by atoms with Gasteiger partial charge in [0.25, 0.3) is 5.89 Å². The zero-order chi connectivity index (χ0) is 14.7. The van der Waals surface area contributed by atoms with Crippen molar-refractivity contribution in [1.29, 1.82) is 0 Å². The van der Waals surface area contributed by atoms with Gasteiger partial charge in [0, 0.05) is 5.56 Å². The lowest BCUT2D eigenvalue weighted by atomic mass is 10.2. The van der Waals surface area contributed by atoms with Crippen LogP contribution >= 0.6 is 0 Å². The van der Waals surface area contributed by atoms with Crippen LogP contribution in [0.5, 0.6) is 5.75 Å². The number of rotatable bonds is 4. The van der Waals surface area contributed by atoms with Crippen LogP contribution in [0.15, 0.2) is 53.1 Å². The van der Waals surface area contributed by atoms with Gasteiger partial charge in [-0.1, -0.05) is 29.4 Å². The summed E-state index contributed by atoms with van der Waals surface area (Å²) in [4.78, 5) is 4.16. The van der Waals surface area contributed by atoms with Crippen molar-refractivity contribution in [3.05, 3.63) is 60.2 Å². The molecule has 0 atom stereocenters. The van der Waals surface area contributed by atoms with Gasteiger partial charge in [0.1, 0.15) is 11.6 Å². The first-order chi connectivity index (χ1) is 10.2. The molecule has 0 saturated carbocycles. The molecule has 0 spiro atoms. The number of hydrogen-bond donors (Lipinski definition) is 1. The van der Waals surface area contributed by atoms with E-state index in [0.717, 1.165) is 0 Å². The molecule has 0 aliphatic heterocycles. The Labute approximate surface area is 120 Å². The lowest BCUT2D eigenvalue weighted by Gasteiger charge is -2.05. The number of nitrogens with zero attached hydrogens (tertiary/aromatic N) is 2. The lowest BCUT2D eigenvalue weighted by molar-refractivity contribution is 0.244. The van der Waals surface area contributed by atoms with Crippen LogP contribution in [0.3, 0.4) is 0 Å². The third kappa shape index (κ3) is 3.00. The van der Waals surface area contributed by atoms with E-state index in [1.165, 1.54) is 12.1 Å². The zero-order valence-corrected chi connectivity index (χ0v) is 11.0. The van der Waals surface area contributed by atoms with E-state index in [1.807, 2.05) is 12.1 Å². The number of benzene rings is 2. The molecule has 0 fully saturated rings. The largest absolute Gasteiger partial charge is 0.482 e. The molecule has 3 rings (SSSR count). The summed E-state index contributed by atoms with van der Waals surface area (Å²) in [5.41, 5.74) is 6.84. The minimum atomic E-state index is -0.354. The third-order valence-corrected chi connectivity index (χ3v) is 2.82. The average molecular weight is 285 g/mol. The first-order valence-electron chi connectivity index (χ1n) is 6.28. The number of nitrogens with two attached hydrogens (primary N) is 1. The molecule has 6 heteroatoms. The molecule has 0 aliphatic rings. The predicted molar refractivity (Wildman–Crippen MR) is 74.9 cm³/mol. The van der Waals surface area contributed by atoms with E-state index in [1.54, 1.807) is 24.3 Å². The summed E-state index contributed by atoms with van der Waals surface area (Å²) in [6.07, 6.45) is 0. The highest BCUT2D eigenvalue weighted by Gasteiger charge is 2.10. The normalized spacial score (nSPS) is 10.5. The number of aromatic nitrogens is 2. The number of halogens is 1. The van der Waals surface area contributed by atoms with E-state index >= 15 is 0 Å². The molecule has 0 unspecified atom stereocenters. The van der Waals surface area contributed by atoms with Gasteiger partial charge in [0.05, 0.1) is 5.69 Å². The Balaban J connectivity index is 1.72. The van der Waals surface area contributed by atoms with Crippen molar-refractivity contribution in [2.24, 2.45) is 0 Å². The standard InChI is InChI=1S/C15H12FN3O2/c16-11-5-3-4-10(8-11)15-18-14(21-19-15)9-20-13-7-2-1-6-12(13)17/h1-8H,9,17H2. The average Bonchev–Trinajstić information content (AvgIpc) is 2.95. The summed E-state index contributed by atoms with van der Waals surface area (Å²) in [5, 5.41) is 3.80.